The third-order valence-corrected chi connectivity index (χ3v) is 7.42. The molecule has 0 radical (unpaired) electrons. The van der Waals surface area contributed by atoms with Gasteiger partial charge in [-0.15, -0.1) is 0 Å². The minimum absolute atomic E-state index is 0.0636. The molecule has 3 rings (SSSR count). The molecule has 1 amide bonds. The van der Waals surface area contributed by atoms with E-state index in [9.17, 15) is 13.2 Å². The monoisotopic (exact) mass is 486 g/mol. The smallest absolute Gasteiger partial charge is 0.243 e. The molecule has 0 spiro atoms. The number of hydrogen-bond acceptors (Lipinski definition) is 4. The largest absolute Gasteiger partial charge is 0.496 e. The molecule has 3 aromatic rings. The van der Waals surface area contributed by atoms with Crippen LogP contribution in [-0.4, -0.2) is 32.3 Å². The van der Waals surface area contributed by atoms with Crippen LogP contribution in [-0.2, 0) is 21.4 Å². The van der Waals surface area contributed by atoms with Crippen molar-refractivity contribution in [2.45, 2.75) is 31.3 Å². The lowest BCUT2D eigenvalue weighted by Crippen LogP contribution is -2.41. The lowest BCUT2D eigenvalue weighted by Gasteiger charge is -2.24. The van der Waals surface area contributed by atoms with Crippen LogP contribution in [0.25, 0.3) is 0 Å². The summed E-state index contributed by atoms with van der Waals surface area (Å²) in [6.07, 6.45) is 0. The molecular formula is C25H27ClN2O4S. The number of ether oxygens (including phenoxy) is 1. The Hall–Kier alpha value is -2.87. The van der Waals surface area contributed by atoms with Crippen LogP contribution in [0.2, 0.25) is 5.02 Å². The molecule has 33 heavy (non-hydrogen) atoms. The first-order chi connectivity index (χ1) is 15.7. The van der Waals surface area contributed by atoms with E-state index in [1.165, 1.54) is 28.6 Å². The summed E-state index contributed by atoms with van der Waals surface area (Å²) in [7, 11) is -2.39. The summed E-state index contributed by atoms with van der Waals surface area (Å²) in [6.45, 7) is 3.47. The zero-order chi connectivity index (χ0) is 24.0. The number of carbonyl (C=O) groups excluding carboxylic acids is 1. The third kappa shape index (κ3) is 6.13. The highest BCUT2D eigenvalue weighted by Crippen LogP contribution is 2.25. The van der Waals surface area contributed by atoms with Gasteiger partial charge in [-0.3, -0.25) is 4.79 Å². The molecule has 1 atom stereocenters. The summed E-state index contributed by atoms with van der Waals surface area (Å²) < 4.78 is 33.4. The molecule has 0 aromatic heterocycles. The maximum Gasteiger partial charge on any atom is 0.243 e. The molecule has 174 valence electrons. The molecule has 8 heteroatoms. The van der Waals surface area contributed by atoms with Crippen LogP contribution in [0.4, 0.5) is 0 Å². The van der Waals surface area contributed by atoms with E-state index in [0.717, 1.165) is 16.7 Å². The fourth-order valence-corrected chi connectivity index (χ4v) is 5.01. The summed E-state index contributed by atoms with van der Waals surface area (Å²) >= 11 is 5.93. The number of sulfonamides is 1. The minimum atomic E-state index is -3.95. The molecule has 0 bridgehead atoms. The van der Waals surface area contributed by atoms with E-state index in [-0.39, 0.29) is 24.0 Å². The fraction of sp³-hybridized carbons (Fsp3) is 0.240. The van der Waals surface area contributed by atoms with Crippen molar-refractivity contribution < 1.29 is 17.9 Å². The van der Waals surface area contributed by atoms with Crippen LogP contribution >= 0.6 is 11.6 Å². The molecule has 0 heterocycles. The average Bonchev–Trinajstić information content (AvgIpc) is 2.80. The molecule has 1 unspecified atom stereocenters. The van der Waals surface area contributed by atoms with Crippen LogP contribution in [0, 0.1) is 6.92 Å². The number of hydrogen-bond donors (Lipinski definition) is 1. The third-order valence-electron chi connectivity index (χ3n) is 5.36. The number of methoxy groups -OCH3 is 1. The number of aryl methyl sites for hydroxylation is 1. The van der Waals surface area contributed by atoms with Gasteiger partial charge in [0.1, 0.15) is 5.75 Å². The normalized spacial score (nSPS) is 12.4. The van der Waals surface area contributed by atoms with Crippen molar-refractivity contribution in [1.82, 2.24) is 9.62 Å². The van der Waals surface area contributed by atoms with Crippen molar-refractivity contribution in [3.05, 3.63) is 94.5 Å². The summed E-state index contributed by atoms with van der Waals surface area (Å²) in [5.74, 6) is 0.232. The Bertz CT molecular complexity index is 1210. The van der Waals surface area contributed by atoms with Crippen molar-refractivity contribution in [2.24, 2.45) is 0 Å². The molecule has 0 aliphatic heterocycles. The number of nitrogens with one attached hydrogen (secondary N) is 1. The van der Waals surface area contributed by atoms with Crippen LogP contribution in [0.1, 0.15) is 29.7 Å². The molecule has 0 saturated carbocycles. The first kappa shape index (κ1) is 24.8. The first-order valence-corrected chi connectivity index (χ1v) is 12.3. The highest BCUT2D eigenvalue weighted by Gasteiger charge is 2.28. The fourth-order valence-electron chi connectivity index (χ4n) is 3.51. The van der Waals surface area contributed by atoms with Gasteiger partial charge in [0, 0.05) is 17.1 Å². The van der Waals surface area contributed by atoms with Crippen LogP contribution in [0.15, 0.2) is 77.7 Å². The Morgan fingerprint density at radius 3 is 2.33 bits per heavy atom. The number of benzene rings is 3. The molecular weight excluding hydrogens is 460 g/mol. The first-order valence-electron chi connectivity index (χ1n) is 10.4. The lowest BCUT2D eigenvalue weighted by molar-refractivity contribution is -0.122. The van der Waals surface area contributed by atoms with Crippen LogP contribution in [0.3, 0.4) is 0 Å². The van der Waals surface area contributed by atoms with Crippen molar-refractivity contribution >= 4 is 27.5 Å². The summed E-state index contributed by atoms with van der Waals surface area (Å²) in [6, 6.07) is 20.4. The number of rotatable bonds is 9. The summed E-state index contributed by atoms with van der Waals surface area (Å²) in [5, 5.41) is 3.32. The molecule has 1 N–H and O–H groups in total. The molecule has 0 aliphatic rings. The predicted molar refractivity (Wildman–Crippen MR) is 130 cm³/mol. The van der Waals surface area contributed by atoms with Gasteiger partial charge in [0.05, 0.1) is 24.6 Å². The zero-order valence-electron chi connectivity index (χ0n) is 18.8. The molecule has 0 saturated heterocycles. The molecule has 0 aliphatic carbocycles. The van der Waals surface area contributed by atoms with Gasteiger partial charge in [0.25, 0.3) is 0 Å². The van der Waals surface area contributed by atoms with Crippen LogP contribution in [0.5, 0.6) is 5.75 Å². The highest BCUT2D eigenvalue weighted by molar-refractivity contribution is 7.89. The number of halogens is 1. The number of amides is 1. The quantitative estimate of drug-likeness (QED) is 0.474. The van der Waals surface area contributed by atoms with Gasteiger partial charge in [-0.25, -0.2) is 8.42 Å². The van der Waals surface area contributed by atoms with Gasteiger partial charge < -0.3 is 10.1 Å². The van der Waals surface area contributed by atoms with Gasteiger partial charge in [-0.05, 0) is 55.3 Å². The molecule has 0 fully saturated rings. The Balaban J connectivity index is 1.86. The number of para-hydroxylation sites is 1. The maximum atomic E-state index is 13.4. The number of carbonyl (C=O) groups is 1. The van der Waals surface area contributed by atoms with E-state index in [0.29, 0.717) is 10.8 Å². The van der Waals surface area contributed by atoms with E-state index in [2.05, 4.69) is 5.32 Å². The second-order valence-electron chi connectivity index (χ2n) is 7.68. The average molecular weight is 487 g/mol. The lowest BCUT2D eigenvalue weighted by atomic mass is 10.1. The zero-order valence-corrected chi connectivity index (χ0v) is 20.4. The van der Waals surface area contributed by atoms with E-state index < -0.39 is 15.9 Å². The Morgan fingerprint density at radius 1 is 1.03 bits per heavy atom. The predicted octanol–water partition coefficient (Wildman–Crippen LogP) is 4.73. The van der Waals surface area contributed by atoms with Gasteiger partial charge in [0.2, 0.25) is 15.9 Å². The standard InChI is InChI=1S/C25H27ClN2O4S/c1-18-8-4-5-9-20(18)16-28(33(30,31)22-14-12-21(26)13-15-22)17-25(29)27-19(2)23-10-6-7-11-24(23)32-3/h4-15,19H,16-17H2,1-3H3,(H,27,29). The highest BCUT2D eigenvalue weighted by atomic mass is 35.5. The second-order valence-corrected chi connectivity index (χ2v) is 10.1. The van der Waals surface area contributed by atoms with E-state index in [4.69, 9.17) is 16.3 Å². The van der Waals surface area contributed by atoms with Gasteiger partial charge in [0.15, 0.2) is 0 Å². The second kappa shape index (κ2) is 10.8. The van der Waals surface area contributed by atoms with Crippen molar-refractivity contribution in [3.63, 3.8) is 0 Å². The van der Waals surface area contributed by atoms with Crippen molar-refractivity contribution in [1.29, 1.82) is 0 Å². The van der Waals surface area contributed by atoms with Gasteiger partial charge in [-0.1, -0.05) is 54.1 Å². The summed E-state index contributed by atoms with van der Waals surface area (Å²) in [4.78, 5) is 13.0. The minimum Gasteiger partial charge on any atom is -0.496 e. The Labute approximate surface area is 200 Å². The van der Waals surface area contributed by atoms with E-state index in [1.54, 1.807) is 7.11 Å². The molecule has 6 nitrogen and oxygen atoms in total. The summed E-state index contributed by atoms with van der Waals surface area (Å²) in [5.41, 5.74) is 2.57. The maximum absolute atomic E-state index is 13.4. The SMILES string of the molecule is COc1ccccc1C(C)NC(=O)CN(Cc1ccccc1C)S(=O)(=O)c1ccc(Cl)cc1. The Kier molecular flexibility index (Phi) is 8.13. The van der Waals surface area contributed by atoms with Crippen molar-refractivity contribution in [2.75, 3.05) is 13.7 Å². The topological polar surface area (TPSA) is 75.7 Å². The van der Waals surface area contributed by atoms with Gasteiger partial charge >= 0.3 is 0 Å². The van der Waals surface area contributed by atoms with E-state index in [1.807, 2.05) is 62.4 Å². The Morgan fingerprint density at radius 2 is 1.67 bits per heavy atom. The number of nitrogens with zero attached hydrogens (tertiary/aromatic N) is 1. The van der Waals surface area contributed by atoms with Gasteiger partial charge in [-0.2, -0.15) is 4.31 Å². The van der Waals surface area contributed by atoms with E-state index >= 15 is 0 Å². The molecule has 3 aromatic carbocycles. The van der Waals surface area contributed by atoms with Crippen LogP contribution < -0.4 is 10.1 Å². The van der Waals surface area contributed by atoms with Crippen molar-refractivity contribution in [3.8, 4) is 5.75 Å².